The van der Waals surface area contributed by atoms with Crippen molar-refractivity contribution in [3.63, 3.8) is 0 Å². The van der Waals surface area contributed by atoms with Crippen molar-refractivity contribution >= 4 is 22.3 Å². The molecule has 0 aliphatic heterocycles. The first-order valence-corrected chi connectivity index (χ1v) is 5.93. The quantitative estimate of drug-likeness (QED) is 0.873. The average molecular weight is 238 g/mol. The van der Waals surface area contributed by atoms with E-state index in [4.69, 9.17) is 5.11 Å². The number of nitrogens with zero attached hydrogens (tertiary/aromatic N) is 2. The molecule has 0 spiro atoms. The zero-order valence-corrected chi connectivity index (χ0v) is 10.3. The van der Waals surface area contributed by atoms with E-state index in [1.165, 1.54) is 0 Å². The van der Waals surface area contributed by atoms with E-state index in [1.54, 1.807) is 17.5 Å². The van der Waals surface area contributed by atoms with Crippen molar-refractivity contribution in [1.82, 2.24) is 9.38 Å². The monoisotopic (exact) mass is 238 g/mol. The molecule has 0 saturated carbocycles. The molecule has 2 rings (SSSR count). The van der Waals surface area contributed by atoms with E-state index in [9.17, 15) is 4.79 Å². The summed E-state index contributed by atoms with van der Waals surface area (Å²) in [6, 6.07) is 0. The molecular weight excluding hydrogens is 224 g/mol. The fraction of sp³-hybridized carbons (Fsp3) is 0.455. The van der Waals surface area contributed by atoms with Gasteiger partial charge in [-0.3, -0.25) is 9.20 Å². The van der Waals surface area contributed by atoms with Crippen LogP contribution in [0.2, 0.25) is 0 Å². The molecule has 16 heavy (non-hydrogen) atoms. The number of carboxylic acid groups (broad SMARTS) is 1. The van der Waals surface area contributed by atoms with Crippen molar-refractivity contribution in [2.45, 2.75) is 32.6 Å². The Labute approximate surface area is 97.6 Å². The second-order valence-corrected chi connectivity index (χ2v) is 5.65. The van der Waals surface area contributed by atoms with Crippen LogP contribution >= 0.6 is 11.3 Å². The second kappa shape index (κ2) is 3.59. The van der Waals surface area contributed by atoms with Crippen LogP contribution in [0.4, 0.5) is 0 Å². The number of carboxylic acids is 1. The Balaban J connectivity index is 2.59. The molecular formula is C11H14N2O2S. The number of fused-ring (bicyclic) bond motifs is 1. The maximum atomic E-state index is 10.8. The molecule has 0 atom stereocenters. The fourth-order valence-electron chi connectivity index (χ4n) is 1.66. The first-order valence-electron chi connectivity index (χ1n) is 5.05. The number of hydrogen-bond donors (Lipinski definition) is 1. The first-order chi connectivity index (χ1) is 7.39. The van der Waals surface area contributed by atoms with Crippen molar-refractivity contribution in [3.05, 3.63) is 23.0 Å². The Morgan fingerprint density at radius 2 is 2.25 bits per heavy atom. The second-order valence-electron chi connectivity index (χ2n) is 4.81. The molecule has 0 amide bonds. The topological polar surface area (TPSA) is 54.6 Å². The Morgan fingerprint density at radius 3 is 2.81 bits per heavy atom. The van der Waals surface area contributed by atoms with Crippen molar-refractivity contribution < 1.29 is 9.90 Å². The lowest BCUT2D eigenvalue weighted by Gasteiger charge is -2.18. The molecule has 86 valence electrons. The molecule has 0 aromatic carbocycles. The lowest BCUT2D eigenvalue weighted by Crippen LogP contribution is -2.15. The third kappa shape index (κ3) is 1.82. The Kier molecular flexibility index (Phi) is 2.50. The van der Waals surface area contributed by atoms with Crippen LogP contribution in [0, 0.1) is 0 Å². The van der Waals surface area contributed by atoms with Gasteiger partial charge < -0.3 is 5.11 Å². The standard InChI is InChI=1S/C11H14N2O2S/c1-11(2,3)8-6-16-10-12-5-7(13(8)10)4-9(14)15/h5-6H,4H2,1-3H3,(H,14,15). The molecule has 0 fully saturated rings. The number of hydrogen-bond acceptors (Lipinski definition) is 3. The van der Waals surface area contributed by atoms with E-state index in [0.29, 0.717) is 0 Å². The number of aromatic nitrogens is 2. The number of aliphatic carboxylic acids is 1. The van der Waals surface area contributed by atoms with Crippen LogP contribution in [0.1, 0.15) is 32.2 Å². The fourth-order valence-corrected chi connectivity index (χ4v) is 2.77. The minimum Gasteiger partial charge on any atom is -0.481 e. The van der Waals surface area contributed by atoms with E-state index in [0.717, 1.165) is 16.3 Å². The Morgan fingerprint density at radius 1 is 1.56 bits per heavy atom. The van der Waals surface area contributed by atoms with Gasteiger partial charge in [0.25, 0.3) is 0 Å². The Hall–Kier alpha value is -1.36. The molecule has 2 aromatic rings. The van der Waals surface area contributed by atoms with Gasteiger partial charge in [-0.2, -0.15) is 0 Å². The zero-order chi connectivity index (χ0) is 11.9. The van der Waals surface area contributed by atoms with Gasteiger partial charge in [0.15, 0.2) is 4.96 Å². The van der Waals surface area contributed by atoms with Crippen LogP contribution in [0.3, 0.4) is 0 Å². The smallest absolute Gasteiger partial charge is 0.309 e. The highest BCUT2D eigenvalue weighted by Crippen LogP contribution is 2.28. The van der Waals surface area contributed by atoms with Crippen molar-refractivity contribution in [3.8, 4) is 0 Å². The van der Waals surface area contributed by atoms with Crippen LogP contribution in [-0.2, 0) is 16.6 Å². The molecule has 4 nitrogen and oxygen atoms in total. The number of thiazole rings is 1. The van der Waals surface area contributed by atoms with Crippen LogP contribution in [-0.4, -0.2) is 20.5 Å². The van der Waals surface area contributed by atoms with Crippen LogP contribution in [0.5, 0.6) is 0 Å². The maximum Gasteiger partial charge on any atom is 0.309 e. The largest absolute Gasteiger partial charge is 0.481 e. The van der Waals surface area contributed by atoms with Crippen LogP contribution in [0.15, 0.2) is 11.6 Å². The van der Waals surface area contributed by atoms with E-state index >= 15 is 0 Å². The predicted octanol–water partition coefficient (Wildman–Crippen LogP) is 2.32. The highest BCUT2D eigenvalue weighted by molar-refractivity contribution is 7.15. The lowest BCUT2D eigenvalue weighted by atomic mass is 9.93. The highest BCUT2D eigenvalue weighted by Gasteiger charge is 2.21. The number of imidazole rings is 1. The van der Waals surface area contributed by atoms with Crippen LogP contribution < -0.4 is 0 Å². The SMILES string of the molecule is CC(C)(C)c1csc2ncc(CC(=O)O)n12. The molecule has 2 heterocycles. The van der Waals surface area contributed by atoms with Gasteiger partial charge in [-0.05, 0) is 0 Å². The summed E-state index contributed by atoms with van der Waals surface area (Å²) in [5, 5.41) is 10.9. The summed E-state index contributed by atoms with van der Waals surface area (Å²) >= 11 is 1.55. The van der Waals surface area contributed by atoms with Crippen molar-refractivity contribution in [1.29, 1.82) is 0 Å². The molecule has 5 heteroatoms. The Bertz CT molecular complexity index is 534. The maximum absolute atomic E-state index is 10.8. The molecule has 0 aliphatic rings. The molecule has 1 N–H and O–H groups in total. The molecule has 0 unspecified atom stereocenters. The summed E-state index contributed by atoms with van der Waals surface area (Å²) in [7, 11) is 0. The van der Waals surface area contributed by atoms with E-state index < -0.39 is 5.97 Å². The van der Waals surface area contributed by atoms with E-state index in [-0.39, 0.29) is 11.8 Å². The summed E-state index contributed by atoms with van der Waals surface area (Å²) in [6.07, 6.45) is 1.66. The molecule has 0 saturated heterocycles. The normalized spacial score (nSPS) is 12.2. The van der Waals surface area contributed by atoms with Gasteiger partial charge in [0, 0.05) is 16.5 Å². The predicted molar refractivity (Wildman–Crippen MR) is 63.1 cm³/mol. The van der Waals surface area contributed by atoms with Gasteiger partial charge >= 0.3 is 5.97 Å². The molecule has 0 bridgehead atoms. The van der Waals surface area contributed by atoms with E-state index in [1.807, 2.05) is 9.78 Å². The minimum absolute atomic E-state index is 0.00773. The first kappa shape index (κ1) is 11.1. The van der Waals surface area contributed by atoms with Gasteiger partial charge in [0.2, 0.25) is 0 Å². The van der Waals surface area contributed by atoms with Crippen molar-refractivity contribution in [2.24, 2.45) is 0 Å². The number of rotatable bonds is 2. The summed E-state index contributed by atoms with van der Waals surface area (Å²) < 4.78 is 1.96. The summed E-state index contributed by atoms with van der Waals surface area (Å²) in [5.41, 5.74) is 1.85. The summed E-state index contributed by atoms with van der Waals surface area (Å²) in [5.74, 6) is -0.826. The van der Waals surface area contributed by atoms with Gasteiger partial charge in [-0.1, -0.05) is 20.8 Å². The number of carbonyl (C=O) groups is 1. The van der Waals surface area contributed by atoms with Crippen molar-refractivity contribution in [2.75, 3.05) is 0 Å². The summed E-state index contributed by atoms with van der Waals surface area (Å²) in [6.45, 7) is 6.33. The zero-order valence-electron chi connectivity index (χ0n) is 9.52. The van der Waals surface area contributed by atoms with Gasteiger partial charge in [0.1, 0.15) is 0 Å². The third-order valence-corrected chi connectivity index (χ3v) is 3.26. The lowest BCUT2D eigenvalue weighted by molar-refractivity contribution is -0.136. The molecule has 2 aromatic heterocycles. The van der Waals surface area contributed by atoms with E-state index in [2.05, 4.69) is 25.8 Å². The van der Waals surface area contributed by atoms with Gasteiger partial charge in [0.05, 0.1) is 18.3 Å². The van der Waals surface area contributed by atoms with Gasteiger partial charge in [-0.15, -0.1) is 11.3 Å². The minimum atomic E-state index is -0.826. The average Bonchev–Trinajstić information content (AvgIpc) is 2.65. The van der Waals surface area contributed by atoms with Gasteiger partial charge in [-0.25, -0.2) is 4.98 Å². The highest BCUT2D eigenvalue weighted by atomic mass is 32.1. The third-order valence-electron chi connectivity index (χ3n) is 2.42. The molecule has 0 aliphatic carbocycles. The molecule has 0 radical (unpaired) electrons. The summed E-state index contributed by atoms with van der Waals surface area (Å²) in [4.78, 5) is 15.8. The van der Waals surface area contributed by atoms with Crippen LogP contribution in [0.25, 0.3) is 4.96 Å².